The summed E-state index contributed by atoms with van der Waals surface area (Å²) in [6.07, 6.45) is 31.5. The molecule has 0 aromatic carbocycles. The highest BCUT2D eigenvalue weighted by Gasteiger charge is 2.59. The zero-order chi connectivity index (χ0) is 35.3. The smallest absolute Gasteiger partial charge is 0.0648 e. The zero-order valence-electron chi connectivity index (χ0n) is 33.8. The Bertz CT molecular complexity index is 990. The number of rotatable bonds is 23. The van der Waals surface area contributed by atoms with Gasteiger partial charge >= 0.3 is 0 Å². The lowest BCUT2D eigenvalue weighted by Gasteiger charge is -2.58. The SMILES string of the molecule is CC/C=C\COC[C@@H](COCCCCCCCCOC1CC[C@@]2(C)C(=CC[C@H]3[C@@H]4CC[C@H]([C@H](C)CCCC(C)C)[C@@]4(C)CC[C@@H]32)C1)N(C)C. The summed E-state index contributed by atoms with van der Waals surface area (Å²) in [4.78, 5) is 2.21. The van der Waals surface area contributed by atoms with Crippen LogP contribution in [-0.2, 0) is 14.2 Å². The Balaban J connectivity index is 1.08. The Labute approximate surface area is 304 Å². The fourth-order valence-electron chi connectivity index (χ4n) is 11.1. The zero-order valence-corrected chi connectivity index (χ0v) is 33.8. The maximum atomic E-state index is 6.56. The molecule has 0 aromatic heterocycles. The largest absolute Gasteiger partial charge is 0.380 e. The van der Waals surface area contributed by atoms with Crippen LogP contribution in [0.2, 0.25) is 0 Å². The lowest BCUT2D eigenvalue weighted by molar-refractivity contribution is -0.0641. The van der Waals surface area contributed by atoms with E-state index in [1.165, 1.54) is 103 Å². The van der Waals surface area contributed by atoms with Crippen LogP contribution in [-0.4, -0.2) is 64.2 Å². The average molecular weight is 684 g/mol. The number of hydrogen-bond donors (Lipinski definition) is 0. The number of allylic oxidation sites excluding steroid dienone is 2. The van der Waals surface area contributed by atoms with E-state index in [2.05, 4.69) is 78.8 Å². The van der Waals surface area contributed by atoms with Gasteiger partial charge < -0.3 is 19.1 Å². The first kappa shape index (κ1) is 41.1. The van der Waals surface area contributed by atoms with Gasteiger partial charge in [-0.25, -0.2) is 0 Å². The van der Waals surface area contributed by atoms with Gasteiger partial charge in [0, 0.05) is 13.2 Å². The average Bonchev–Trinajstić information content (AvgIpc) is 3.43. The van der Waals surface area contributed by atoms with Crippen LogP contribution in [0.5, 0.6) is 0 Å². The van der Waals surface area contributed by atoms with Crippen molar-refractivity contribution in [2.24, 2.45) is 46.3 Å². The Hall–Kier alpha value is -0.680. The second kappa shape index (κ2) is 20.5. The summed E-state index contributed by atoms with van der Waals surface area (Å²) in [5, 5.41) is 0. The first-order valence-electron chi connectivity index (χ1n) is 21.4. The highest BCUT2D eigenvalue weighted by atomic mass is 16.5. The maximum Gasteiger partial charge on any atom is 0.0648 e. The molecule has 4 rings (SSSR count). The number of ether oxygens (including phenoxy) is 3. The van der Waals surface area contributed by atoms with E-state index >= 15 is 0 Å². The molecule has 0 amide bonds. The van der Waals surface area contributed by atoms with E-state index in [1.54, 1.807) is 5.57 Å². The molecule has 4 aliphatic carbocycles. The molecule has 0 N–H and O–H groups in total. The van der Waals surface area contributed by atoms with Gasteiger partial charge in [0.1, 0.15) is 0 Å². The predicted molar refractivity (Wildman–Crippen MR) is 209 cm³/mol. The quantitative estimate of drug-likeness (QED) is 0.0792. The van der Waals surface area contributed by atoms with Crippen molar-refractivity contribution < 1.29 is 14.2 Å². The van der Waals surface area contributed by atoms with Gasteiger partial charge in [0.25, 0.3) is 0 Å². The van der Waals surface area contributed by atoms with Crippen LogP contribution >= 0.6 is 0 Å². The minimum Gasteiger partial charge on any atom is -0.380 e. The van der Waals surface area contributed by atoms with Crippen molar-refractivity contribution in [3.05, 3.63) is 23.8 Å². The molecule has 49 heavy (non-hydrogen) atoms. The summed E-state index contributed by atoms with van der Waals surface area (Å²) >= 11 is 0. The lowest BCUT2D eigenvalue weighted by atomic mass is 9.47. The van der Waals surface area contributed by atoms with E-state index in [-0.39, 0.29) is 0 Å². The van der Waals surface area contributed by atoms with Crippen molar-refractivity contribution >= 4 is 0 Å². The molecule has 4 heteroatoms. The van der Waals surface area contributed by atoms with Gasteiger partial charge in [-0.05, 0) is 131 Å². The van der Waals surface area contributed by atoms with Gasteiger partial charge in [0.05, 0.1) is 32.0 Å². The molecule has 1 unspecified atom stereocenters. The van der Waals surface area contributed by atoms with Gasteiger partial charge in [0.2, 0.25) is 0 Å². The van der Waals surface area contributed by atoms with E-state index < -0.39 is 0 Å². The molecular weight excluding hydrogens is 602 g/mol. The van der Waals surface area contributed by atoms with Crippen LogP contribution in [0.15, 0.2) is 23.8 Å². The Morgan fingerprint density at radius 1 is 0.816 bits per heavy atom. The molecule has 0 bridgehead atoms. The molecule has 284 valence electrons. The summed E-state index contributed by atoms with van der Waals surface area (Å²) in [6, 6.07) is 0.320. The Morgan fingerprint density at radius 2 is 1.55 bits per heavy atom. The van der Waals surface area contributed by atoms with E-state index in [1.807, 2.05) is 0 Å². The second-order valence-corrected chi connectivity index (χ2v) is 18.3. The minimum absolute atomic E-state index is 0.320. The Kier molecular flexibility index (Phi) is 17.2. The van der Waals surface area contributed by atoms with Gasteiger partial charge in [-0.2, -0.15) is 0 Å². The van der Waals surface area contributed by atoms with Gasteiger partial charge in [-0.15, -0.1) is 0 Å². The molecule has 0 radical (unpaired) electrons. The molecule has 3 fully saturated rings. The monoisotopic (exact) mass is 684 g/mol. The first-order valence-corrected chi connectivity index (χ1v) is 21.4. The summed E-state index contributed by atoms with van der Waals surface area (Å²) in [7, 11) is 4.23. The third kappa shape index (κ3) is 11.4. The fraction of sp³-hybridized carbons (Fsp3) is 0.911. The molecule has 4 aliphatic rings. The molecule has 4 nitrogen and oxygen atoms in total. The molecule has 3 saturated carbocycles. The third-order valence-electron chi connectivity index (χ3n) is 14.3. The standard InChI is InChI=1S/C45H81NO3/c1-9-10-15-29-47-33-38(46(7)8)34-48-30-16-13-11-12-14-17-31-49-39-25-27-44(5)37(32-39)21-22-40-42-24-23-41(36(4)20-18-19-35(2)3)45(42,6)28-26-43(40)44/h10,15,21,35-36,38-43H,9,11-14,16-20,22-34H2,1-8H3/b15-10-/t36-,38+,39?,40+,41-,42+,43+,44+,45-/m1/s1. The Morgan fingerprint density at radius 3 is 2.29 bits per heavy atom. The van der Waals surface area contributed by atoms with E-state index in [4.69, 9.17) is 14.2 Å². The molecule has 9 atom stereocenters. The molecule has 0 saturated heterocycles. The molecular formula is C45H81NO3. The second-order valence-electron chi connectivity index (χ2n) is 18.3. The summed E-state index contributed by atoms with van der Waals surface area (Å²) < 4.78 is 18.4. The van der Waals surface area contributed by atoms with Gasteiger partial charge in [-0.1, -0.05) is 110 Å². The summed E-state index contributed by atoms with van der Waals surface area (Å²) in [6.45, 7) is 18.9. The van der Waals surface area contributed by atoms with Crippen LogP contribution in [0.3, 0.4) is 0 Å². The van der Waals surface area contributed by atoms with Crippen LogP contribution < -0.4 is 0 Å². The predicted octanol–water partition coefficient (Wildman–Crippen LogP) is 11.7. The lowest BCUT2D eigenvalue weighted by Crippen LogP contribution is -2.51. The van der Waals surface area contributed by atoms with Crippen molar-refractivity contribution in [1.82, 2.24) is 4.90 Å². The van der Waals surface area contributed by atoms with Gasteiger partial charge in [-0.3, -0.25) is 0 Å². The molecule has 0 spiro atoms. The van der Waals surface area contributed by atoms with Crippen molar-refractivity contribution in [3.63, 3.8) is 0 Å². The van der Waals surface area contributed by atoms with Crippen molar-refractivity contribution in [2.45, 2.75) is 169 Å². The summed E-state index contributed by atoms with van der Waals surface area (Å²) in [5.74, 6) is 5.50. The first-order chi connectivity index (χ1) is 23.6. The van der Waals surface area contributed by atoms with E-state index in [9.17, 15) is 0 Å². The van der Waals surface area contributed by atoms with Crippen molar-refractivity contribution in [2.75, 3.05) is 47.1 Å². The highest BCUT2D eigenvalue weighted by molar-refractivity contribution is 5.25. The molecule has 0 aromatic rings. The number of nitrogens with zero attached hydrogens (tertiary/aromatic N) is 1. The van der Waals surface area contributed by atoms with E-state index in [0.29, 0.717) is 29.6 Å². The maximum absolute atomic E-state index is 6.56. The van der Waals surface area contributed by atoms with Crippen LogP contribution in [0, 0.1) is 46.3 Å². The van der Waals surface area contributed by atoms with Crippen LogP contribution in [0.4, 0.5) is 0 Å². The fourth-order valence-corrected chi connectivity index (χ4v) is 11.1. The van der Waals surface area contributed by atoms with Gasteiger partial charge in [0.15, 0.2) is 0 Å². The minimum atomic E-state index is 0.320. The normalized spacial score (nSPS) is 32.7. The van der Waals surface area contributed by atoms with Crippen LogP contribution in [0.25, 0.3) is 0 Å². The van der Waals surface area contributed by atoms with E-state index in [0.717, 1.165) is 74.8 Å². The number of unbranched alkanes of at least 4 members (excludes halogenated alkanes) is 5. The molecule has 0 heterocycles. The molecule has 0 aliphatic heterocycles. The highest BCUT2D eigenvalue weighted by Crippen LogP contribution is 2.67. The topological polar surface area (TPSA) is 30.9 Å². The number of fused-ring (bicyclic) bond motifs is 5. The van der Waals surface area contributed by atoms with Crippen LogP contribution in [0.1, 0.15) is 157 Å². The van der Waals surface area contributed by atoms with Crippen molar-refractivity contribution in [3.8, 4) is 0 Å². The third-order valence-corrected chi connectivity index (χ3v) is 14.3. The summed E-state index contributed by atoms with van der Waals surface area (Å²) in [5.41, 5.74) is 2.80. The number of hydrogen-bond acceptors (Lipinski definition) is 4. The van der Waals surface area contributed by atoms with Crippen molar-refractivity contribution in [1.29, 1.82) is 0 Å². The number of likely N-dealkylation sites (N-methyl/N-ethyl adjacent to an activating group) is 1.